The molecular weight excluding hydrogens is 308 g/mol. The van der Waals surface area contributed by atoms with E-state index in [9.17, 15) is 4.79 Å². The number of hydrogen-bond donors (Lipinski definition) is 1. The number of piperazine rings is 1. The highest BCUT2D eigenvalue weighted by Crippen LogP contribution is 2.21. The minimum absolute atomic E-state index is 0.116. The van der Waals surface area contributed by atoms with Gasteiger partial charge in [0.25, 0.3) is 0 Å². The molecule has 8 nitrogen and oxygen atoms in total. The maximum Gasteiger partial charge on any atom is 0.322 e. The van der Waals surface area contributed by atoms with Gasteiger partial charge >= 0.3 is 6.03 Å². The Morgan fingerprint density at radius 2 is 2.04 bits per heavy atom. The van der Waals surface area contributed by atoms with Crippen LogP contribution in [-0.4, -0.2) is 52.2 Å². The zero-order valence-corrected chi connectivity index (χ0v) is 14.2. The Labute approximate surface area is 140 Å². The molecule has 1 N–H and O–H groups in total. The molecule has 8 heteroatoms. The second-order valence-corrected chi connectivity index (χ2v) is 5.78. The molecule has 3 rings (SSSR count). The molecule has 24 heavy (non-hydrogen) atoms. The molecule has 0 aromatic carbocycles. The van der Waals surface area contributed by atoms with Gasteiger partial charge in [0.1, 0.15) is 23.0 Å². The fourth-order valence-corrected chi connectivity index (χ4v) is 2.76. The Bertz CT molecular complexity index is 721. The van der Waals surface area contributed by atoms with E-state index in [2.05, 4.69) is 25.3 Å². The highest BCUT2D eigenvalue weighted by Gasteiger charge is 2.24. The second kappa shape index (κ2) is 6.86. The number of hydrogen-bond acceptors (Lipinski definition) is 6. The van der Waals surface area contributed by atoms with Gasteiger partial charge in [-0.1, -0.05) is 12.1 Å². The summed E-state index contributed by atoms with van der Waals surface area (Å²) in [5.74, 6) is 2.30. The van der Waals surface area contributed by atoms with Crippen LogP contribution in [0.25, 0.3) is 0 Å². The molecule has 3 heterocycles. The van der Waals surface area contributed by atoms with E-state index in [-0.39, 0.29) is 6.03 Å². The molecule has 0 atom stereocenters. The number of nitrogens with one attached hydrogen (secondary N) is 1. The first-order valence-corrected chi connectivity index (χ1v) is 8.14. The molecule has 0 spiro atoms. The lowest BCUT2D eigenvalue weighted by Gasteiger charge is -2.35. The predicted octanol–water partition coefficient (Wildman–Crippen LogP) is 2.00. The summed E-state index contributed by atoms with van der Waals surface area (Å²) in [6, 6.07) is 1.78. The zero-order valence-electron chi connectivity index (χ0n) is 14.2. The van der Waals surface area contributed by atoms with Gasteiger partial charge in [0, 0.05) is 32.4 Å². The quantitative estimate of drug-likeness (QED) is 0.926. The largest absolute Gasteiger partial charge is 0.359 e. The summed E-state index contributed by atoms with van der Waals surface area (Å²) in [6.45, 7) is 8.42. The van der Waals surface area contributed by atoms with Crippen molar-refractivity contribution in [2.75, 3.05) is 36.4 Å². The minimum atomic E-state index is -0.116. The fourth-order valence-electron chi connectivity index (χ4n) is 2.76. The summed E-state index contributed by atoms with van der Waals surface area (Å²) in [6.07, 6.45) is 2.48. The van der Waals surface area contributed by atoms with E-state index in [1.54, 1.807) is 18.0 Å². The van der Waals surface area contributed by atoms with E-state index < -0.39 is 0 Å². The number of urea groups is 1. The predicted molar refractivity (Wildman–Crippen MR) is 90.2 cm³/mol. The van der Waals surface area contributed by atoms with Crippen LogP contribution in [-0.2, 0) is 6.42 Å². The van der Waals surface area contributed by atoms with Crippen LogP contribution in [0.15, 0.2) is 16.8 Å². The molecule has 2 aromatic rings. The number of aryl methyl sites for hydroxylation is 3. The lowest BCUT2D eigenvalue weighted by Crippen LogP contribution is -2.50. The topological polar surface area (TPSA) is 87.4 Å². The molecule has 2 aromatic heterocycles. The van der Waals surface area contributed by atoms with Gasteiger partial charge in [0.05, 0.1) is 0 Å². The normalized spacial score (nSPS) is 14.8. The highest BCUT2D eigenvalue weighted by molar-refractivity contribution is 5.90. The number of aromatic nitrogens is 3. The number of anilines is 2. The van der Waals surface area contributed by atoms with Gasteiger partial charge in [-0.15, -0.1) is 0 Å². The van der Waals surface area contributed by atoms with E-state index in [4.69, 9.17) is 4.52 Å². The zero-order chi connectivity index (χ0) is 17.1. The van der Waals surface area contributed by atoms with E-state index >= 15 is 0 Å². The first-order valence-electron chi connectivity index (χ1n) is 8.14. The Kier molecular flexibility index (Phi) is 4.64. The van der Waals surface area contributed by atoms with Crippen LogP contribution >= 0.6 is 0 Å². The van der Waals surface area contributed by atoms with Gasteiger partial charge < -0.3 is 19.6 Å². The van der Waals surface area contributed by atoms with Crippen molar-refractivity contribution in [2.45, 2.75) is 27.2 Å². The molecule has 1 aliphatic rings. The maximum atomic E-state index is 12.5. The van der Waals surface area contributed by atoms with Crippen molar-refractivity contribution in [1.29, 1.82) is 0 Å². The lowest BCUT2D eigenvalue weighted by atomic mass is 10.2. The van der Waals surface area contributed by atoms with Crippen LogP contribution in [0, 0.1) is 13.8 Å². The summed E-state index contributed by atoms with van der Waals surface area (Å²) < 4.78 is 5.16. The first kappa shape index (κ1) is 16.2. The van der Waals surface area contributed by atoms with Gasteiger partial charge in [0.15, 0.2) is 5.76 Å². The van der Waals surface area contributed by atoms with Crippen molar-refractivity contribution in [3.8, 4) is 0 Å². The SMILES string of the molecule is CCc1noc(C)c1NC(=O)N1CCN(c2ccnc(C)n2)CC1. The average Bonchev–Trinajstić information content (AvgIpc) is 2.95. The Morgan fingerprint density at radius 3 is 2.71 bits per heavy atom. The van der Waals surface area contributed by atoms with Gasteiger partial charge in [-0.05, 0) is 26.3 Å². The smallest absolute Gasteiger partial charge is 0.322 e. The highest BCUT2D eigenvalue weighted by atomic mass is 16.5. The third-order valence-electron chi connectivity index (χ3n) is 4.15. The van der Waals surface area contributed by atoms with Gasteiger partial charge in [-0.2, -0.15) is 0 Å². The standard InChI is InChI=1S/C16H22N6O2/c1-4-13-15(11(2)24-20-13)19-16(23)22-9-7-21(8-10-22)14-5-6-17-12(3)18-14/h5-6H,4,7-10H2,1-3H3,(H,19,23). The molecule has 2 amide bonds. The maximum absolute atomic E-state index is 12.5. The van der Waals surface area contributed by atoms with Crippen LogP contribution in [0.1, 0.15) is 24.2 Å². The van der Waals surface area contributed by atoms with Gasteiger partial charge in [-0.25, -0.2) is 14.8 Å². The molecule has 0 aliphatic carbocycles. The van der Waals surface area contributed by atoms with Gasteiger partial charge in [0.2, 0.25) is 0 Å². The van der Waals surface area contributed by atoms with E-state index in [0.717, 1.165) is 30.4 Å². The van der Waals surface area contributed by atoms with Crippen LogP contribution in [0.3, 0.4) is 0 Å². The molecule has 128 valence electrons. The molecule has 0 radical (unpaired) electrons. The summed E-state index contributed by atoms with van der Waals surface area (Å²) in [5.41, 5.74) is 1.47. The Hall–Kier alpha value is -2.64. The molecule has 0 unspecified atom stereocenters. The van der Waals surface area contributed by atoms with Crippen LogP contribution in [0.4, 0.5) is 16.3 Å². The van der Waals surface area contributed by atoms with Crippen LogP contribution in [0.2, 0.25) is 0 Å². The number of carbonyl (C=O) groups is 1. The first-order chi connectivity index (χ1) is 11.6. The summed E-state index contributed by atoms with van der Waals surface area (Å²) >= 11 is 0. The minimum Gasteiger partial charge on any atom is -0.359 e. The van der Waals surface area contributed by atoms with Crippen LogP contribution in [0.5, 0.6) is 0 Å². The molecule has 0 bridgehead atoms. The van der Waals surface area contributed by atoms with Crippen molar-refractivity contribution in [3.63, 3.8) is 0 Å². The third kappa shape index (κ3) is 3.32. The fraction of sp³-hybridized carbons (Fsp3) is 0.500. The van der Waals surface area contributed by atoms with Crippen molar-refractivity contribution < 1.29 is 9.32 Å². The van der Waals surface area contributed by atoms with Crippen molar-refractivity contribution >= 4 is 17.5 Å². The van der Waals surface area contributed by atoms with E-state index in [0.29, 0.717) is 31.0 Å². The van der Waals surface area contributed by atoms with Crippen molar-refractivity contribution in [3.05, 3.63) is 29.5 Å². The number of amides is 2. The summed E-state index contributed by atoms with van der Waals surface area (Å²) in [5, 5.41) is 6.89. The van der Waals surface area contributed by atoms with Crippen LogP contribution < -0.4 is 10.2 Å². The summed E-state index contributed by atoms with van der Waals surface area (Å²) in [4.78, 5) is 25.0. The molecule has 1 saturated heterocycles. The third-order valence-corrected chi connectivity index (χ3v) is 4.15. The van der Waals surface area contributed by atoms with Crippen molar-refractivity contribution in [2.24, 2.45) is 0 Å². The molecule has 1 aliphatic heterocycles. The molecule has 0 saturated carbocycles. The summed E-state index contributed by atoms with van der Waals surface area (Å²) in [7, 11) is 0. The average molecular weight is 330 g/mol. The van der Waals surface area contributed by atoms with E-state index in [1.807, 2.05) is 19.9 Å². The van der Waals surface area contributed by atoms with Crippen molar-refractivity contribution in [1.82, 2.24) is 20.0 Å². The Balaban J connectivity index is 1.60. The second-order valence-electron chi connectivity index (χ2n) is 5.78. The molecule has 1 fully saturated rings. The monoisotopic (exact) mass is 330 g/mol. The number of carbonyl (C=O) groups excluding carboxylic acids is 1. The lowest BCUT2D eigenvalue weighted by molar-refractivity contribution is 0.208. The molecular formula is C16H22N6O2. The number of rotatable bonds is 3. The Morgan fingerprint density at radius 1 is 1.29 bits per heavy atom. The van der Waals surface area contributed by atoms with Gasteiger partial charge in [-0.3, -0.25) is 0 Å². The number of nitrogens with zero attached hydrogens (tertiary/aromatic N) is 5. The van der Waals surface area contributed by atoms with E-state index in [1.165, 1.54) is 0 Å².